The highest BCUT2D eigenvalue weighted by Gasteiger charge is 2.21. The van der Waals surface area contributed by atoms with E-state index in [2.05, 4.69) is 82.1 Å². The first kappa shape index (κ1) is 20.9. The SMILES string of the molecule is Cc1cc(-c2ccc3nc(C4CCCN4)[nH]c3c2)ccc1-c1ccc2nc(C3CCCN3)[nH]c2c1. The van der Waals surface area contributed by atoms with Crippen molar-refractivity contribution < 1.29 is 0 Å². The van der Waals surface area contributed by atoms with Crippen molar-refractivity contribution in [3.63, 3.8) is 0 Å². The molecule has 0 radical (unpaired) electrons. The fourth-order valence-electron chi connectivity index (χ4n) is 5.74. The van der Waals surface area contributed by atoms with E-state index in [0.717, 1.165) is 59.6 Å². The molecule has 2 aliphatic rings. The lowest BCUT2D eigenvalue weighted by molar-refractivity contribution is 0.614. The van der Waals surface area contributed by atoms with Gasteiger partial charge in [-0.1, -0.05) is 30.3 Å². The Morgan fingerprint density at radius 2 is 1.20 bits per heavy atom. The van der Waals surface area contributed by atoms with E-state index in [0.29, 0.717) is 12.1 Å². The molecular formula is C29H30N6. The molecule has 0 bridgehead atoms. The third-order valence-corrected chi connectivity index (χ3v) is 7.65. The van der Waals surface area contributed by atoms with Gasteiger partial charge in [0.15, 0.2) is 0 Å². The summed E-state index contributed by atoms with van der Waals surface area (Å²) in [5.41, 5.74) is 10.4. The van der Waals surface area contributed by atoms with E-state index in [1.165, 1.54) is 40.7 Å². The van der Waals surface area contributed by atoms with Crippen molar-refractivity contribution in [3.05, 3.63) is 71.8 Å². The number of aromatic amines is 2. The minimum atomic E-state index is 0.351. The lowest BCUT2D eigenvalue weighted by atomic mass is 9.95. The van der Waals surface area contributed by atoms with Crippen LogP contribution in [0.2, 0.25) is 0 Å². The van der Waals surface area contributed by atoms with Crippen molar-refractivity contribution >= 4 is 22.1 Å². The molecule has 176 valence electrons. The van der Waals surface area contributed by atoms with E-state index in [4.69, 9.17) is 9.97 Å². The van der Waals surface area contributed by atoms with Gasteiger partial charge in [-0.3, -0.25) is 0 Å². The van der Waals surface area contributed by atoms with E-state index in [1.807, 2.05) is 0 Å². The fraction of sp³-hybridized carbons (Fsp3) is 0.310. The number of aryl methyl sites for hydroxylation is 1. The second kappa shape index (κ2) is 8.33. The molecule has 2 atom stereocenters. The molecule has 2 fully saturated rings. The number of rotatable bonds is 4. The summed E-state index contributed by atoms with van der Waals surface area (Å²) in [7, 11) is 0. The van der Waals surface area contributed by atoms with E-state index in [9.17, 15) is 0 Å². The summed E-state index contributed by atoms with van der Waals surface area (Å²) in [5.74, 6) is 2.12. The van der Waals surface area contributed by atoms with Crippen LogP contribution in [0.3, 0.4) is 0 Å². The van der Waals surface area contributed by atoms with E-state index in [1.54, 1.807) is 0 Å². The van der Waals surface area contributed by atoms with Gasteiger partial charge in [-0.25, -0.2) is 9.97 Å². The molecule has 2 unspecified atom stereocenters. The fourth-order valence-corrected chi connectivity index (χ4v) is 5.74. The van der Waals surface area contributed by atoms with Crippen LogP contribution in [0.15, 0.2) is 54.6 Å². The molecule has 2 saturated heterocycles. The Kier molecular flexibility index (Phi) is 4.96. The highest BCUT2D eigenvalue weighted by atomic mass is 15.0. The van der Waals surface area contributed by atoms with Crippen molar-refractivity contribution in [2.24, 2.45) is 0 Å². The minimum absolute atomic E-state index is 0.351. The quantitative estimate of drug-likeness (QED) is 0.267. The van der Waals surface area contributed by atoms with Crippen LogP contribution in [0.5, 0.6) is 0 Å². The molecule has 2 aromatic heterocycles. The van der Waals surface area contributed by atoms with Gasteiger partial charge < -0.3 is 20.6 Å². The smallest absolute Gasteiger partial charge is 0.124 e. The molecule has 6 nitrogen and oxygen atoms in total. The molecule has 2 aliphatic heterocycles. The van der Waals surface area contributed by atoms with Crippen LogP contribution >= 0.6 is 0 Å². The van der Waals surface area contributed by atoms with Gasteiger partial charge in [-0.15, -0.1) is 0 Å². The average molecular weight is 463 g/mol. The zero-order valence-electron chi connectivity index (χ0n) is 20.0. The third-order valence-electron chi connectivity index (χ3n) is 7.65. The third kappa shape index (κ3) is 3.74. The molecular weight excluding hydrogens is 432 g/mol. The number of fused-ring (bicyclic) bond motifs is 2. The number of benzene rings is 3. The Labute approximate surface area is 204 Å². The van der Waals surface area contributed by atoms with Gasteiger partial charge in [0.25, 0.3) is 0 Å². The van der Waals surface area contributed by atoms with Crippen molar-refractivity contribution in [3.8, 4) is 22.3 Å². The summed E-state index contributed by atoms with van der Waals surface area (Å²) in [6, 6.07) is 20.6. The summed E-state index contributed by atoms with van der Waals surface area (Å²) in [6.45, 7) is 4.35. The summed E-state index contributed by atoms with van der Waals surface area (Å²) >= 11 is 0. The van der Waals surface area contributed by atoms with Crippen molar-refractivity contribution in [1.29, 1.82) is 0 Å². The van der Waals surface area contributed by atoms with Gasteiger partial charge in [0.05, 0.1) is 34.2 Å². The molecule has 35 heavy (non-hydrogen) atoms. The lowest BCUT2D eigenvalue weighted by Crippen LogP contribution is -2.13. The number of imidazole rings is 2. The first-order valence-corrected chi connectivity index (χ1v) is 12.8. The summed E-state index contributed by atoms with van der Waals surface area (Å²) in [4.78, 5) is 16.8. The summed E-state index contributed by atoms with van der Waals surface area (Å²) in [6.07, 6.45) is 4.72. The zero-order valence-corrected chi connectivity index (χ0v) is 20.0. The van der Waals surface area contributed by atoms with E-state index < -0.39 is 0 Å². The van der Waals surface area contributed by atoms with Gasteiger partial charge in [0.2, 0.25) is 0 Å². The normalized spacial score (nSPS) is 20.4. The summed E-state index contributed by atoms with van der Waals surface area (Å²) in [5, 5.41) is 7.07. The van der Waals surface area contributed by atoms with Gasteiger partial charge in [-0.05, 0) is 97.8 Å². The van der Waals surface area contributed by atoms with Crippen molar-refractivity contribution in [2.45, 2.75) is 44.7 Å². The Morgan fingerprint density at radius 1 is 0.657 bits per heavy atom. The van der Waals surface area contributed by atoms with Gasteiger partial charge in [-0.2, -0.15) is 0 Å². The van der Waals surface area contributed by atoms with Crippen LogP contribution in [0, 0.1) is 6.92 Å². The second-order valence-corrected chi connectivity index (χ2v) is 10.0. The number of nitrogens with one attached hydrogen (secondary N) is 4. The topological polar surface area (TPSA) is 81.4 Å². The zero-order chi connectivity index (χ0) is 23.4. The number of nitrogens with zero attached hydrogens (tertiary/aromatic N) is 2. The first-order valence-electron chi connectivity index (χ1n) is 12.8. The van der Waals surface area contributed by atoms with Crippen LogP contribution in [0.4, 0.5) is 0 Å². The molecule has 6 heteroatoms. The van der Waals surface area contributed by atoms with E-state index in [-0.39, 0.29) is 0 Å². The maximum Gasteiger partial charge on any atom is 0.124 e. The van der Waals surface area contributed by atoms with Gasteiger partial charge >= 0.3 is 0 Å². The van der Waals surface area contributed by atoms with Crippen LogP contribution in [0.25, 0.3) is 44.3 Å². The maximum absolute atomic E-state index is 4.83. The van der Waals surface area contributed by atoms with Gasteiger partial charge in [0.1, 0.15) is 11.6 Å². The monoisotopic (exact) mass is 462 g/mol. The predicted molar refractivity (Wildman–Crippen MR) is 141 cm³/mol. The van der Waals surface area contributed by atoms with Gasteiger partial charge in [0, 0.05) is 0 Å². The van der Waals surface area contributed by atoms with Crippen LogP contribution < -0.4 is 10.6 Å². The highest BCUT2D eigenvalue weighted by molar-refractivity contribution is 5.85. The molecule has 7 rings (SSSR count). The van der Waals surface area contributed by atoms with Crippen LogP contribution in [-0.2, 0) is 0 Å². The molecule has 0 amide bonds. The maximum atomic E-state index is 4.83. The minimum Gasteiger partial charge on any atom is -0.341 e. The Hall–Kier alpha value is -3.48. The molecule has 0 saturated carbocycles. The number of hydrogen-bond acceptors (Lipinski definition) is 4. The molecule has 0 spiro atoms. The Balaban J connectivity index is 1.19. The standard InChI is InChI=1S/C29H30N6/c1-17-14-18(19-7-10-22-26(15-19)34-28(32-22)24-4-2-12-30-24)6-9-21(17)20-8-11-23-27(16-20)35-29(33-23)25-5-3-13-31-25/h6-11,14-16,24-25,30-31H,2-5,12-13H2,1H3,(H,32,34)(H,33,35). The predicted octanol–water partition coefficient (Wildman–Crippen LogP) is 5.93. The molecule has 0 aliphatic carbocycles. The first-order chi connectivity index (χ1) is 17.2. The highest BCUT2D eigenvalue weighted by Crippen LogP contribution is 2.32. The largest absolute Gasteiger partial charge is 0.341 e. The Morgan fingerprint density at radius 3 is 1.77 bits per heavy atom. The van der Waals surface area contributed by atoms with Crippen molar-refractivity contribution in [1.82, 2.24) is 30.6 Å². The van der Waals surface area contributed by atoms with Crippen LogP contribution in [-0.4, -0.2) is 33.0 Å². The van der Waals surface area contributed by atoms with E-state index >= 15 is 0 Å². The second-order valence-electron chi connectivity index (χ2n) is 10.0. The van der Waals surface area contributed by atoms with Crippen molar-refractivity contribution in [2.75, 3.05) is 13.1 Å². The number of H-pyrrole nitrogens is 2. The Bertz CT molecular complexity index is 1530. The molecule has 5 aromatic rings. The number of hydrogen-bond donors (Lipinski definition) is 4. The molecule has 4 heterocycles. The van der Waals surface area contributed by atoms with Crippen LogP contribution in [0.1, 0.15) is 55.0 Å². The molecule has 4 N–H and O–H groups in total. The summed E-state index contributed by atoms with van der Waals surface area (Å²) < 4.78 is 0. The number of aromatic nitrogens is 4. The average Bonchev–Trinajstić information content (AvgIpc) is 3.68. The lowest BCUT2D eigenvalue weighted by Gasteiger charge is -2.10. The molecule has 3 aromatic carbocycles.